The molecule has 1 heterocycles. The quantitative estimate of drug-likeness (QED) is 0.832. The second kappa shape index (κ2) is 4.33. The van der Waals surface area contributed by atoms with Gasteiger partial charge in [-0.1, -0.05) is 6.07 Å². The number of carboxylic acids is 1. The molecule has 5 heteroatoms. The zero-order valence-corrected chi connectivity index (χ0v) is 9.50. The number of aryl methyl sites for hydroxylation is 1. The van der Waals surface area contributed by atoms with Crippen LogP contribution in [-0.2, 0) is 4.79 Å². The first-order valence-corrected chi connectivity index (χ1v) is 5.38. The number of carboxylic acid groups (broad SMARTS) is 1. The lowest BCUT2D eigenvalue weighted by Gasteiger charge is -2.41. The van der Waals surface area contributed by atoms with Gasteiger partial charge in [0.2, 0.25) is 0 Å². The Morgan fingerprint density at radius 3 is 2.82 bits per heavy atom. The van der Waals surface area contributed by atoms with E-state index in [-0.39, 0.29) is 12.2 Å². The Balaban J connectivity index is 2.18. The average Bonchev–Trinajstić information content (AvgIpc) is 2.19. The monoisotopic (exact) mass is 239 g/mol. The molecule has 4 nitrogen and oxygen atoms in total. The van der Waals surface area contributed by atoms with Crippen molar-refractivity contribution in [2.75, 3.05) is 13.1 Å². The smallest absolute Gasteiger partial charge is 0.307 e. The van der Waals surface area contributed by atoms with E-state index in [2.05, 4.69) is 5.32 Å². The molecule has 1 saturated heterocycles. The molecule has 1 aromatic rings. The number of ether oxygens (including phenoxy) is 1. The van der Waals surface area contributed by atoms with Crippen LogP contribution < -0.4 is 10.1 Å². The molecular weight excluding hydrogens is 225 g/mol. The average molecular weight is 239 g/mol. The molecule has 0 atom stereocenters. The summed E-state index contributed by atoms with van der Waals surface area (Å²) in [5.74, 6) is -0.892. The Morgan fingerprint density at radius 2 is 2.29 bits per heavy atom. The number of hydrogen-bond acceptors (Lipinski definition) is 3. The van der Waals surface area contributed by atoms with Gasteiger partial charge < -0.3 is 15.2 Å². The van der Waals surface area contributed by atoms with Crippen LogP contribution in [0.2, 0.25) is 0 Å². The van der Waals surface area contributed by atoms with Gasteiger partial charge in [-0.05, 0) is 18.6 Å². The minimum absolute atomic E-state index is 0.0873. The van der Waals surface area contributed by atoms with Crippen LogP contribution in [0.15, 0.2) is 18.2 Å². The predicted molar refractivity (Wildman–Crippen MR) is 59.6 cm³/mol. The van der Waals surface area contributed by atoms with Crippen LogP contribution in [0.4, 0.5) is 4.39 Å². The zero-order chi connectivity index (χ0) is 12.5. The van der Waals surface area contributed by atoms with E-state index in [9.17, 15) is 9.18 Å². The first-order chi connectivity index (χ1) is 8.01. The largest absolute Gasteiger partial charge is 0.484 e. The van der Waals surface area contributed by atoms with Crippen molar-refractivity contribution in [2.24, 2.45) is 0 Å². The number of aliphatic carboxylic acids is 1. The molecule has 1 aromatic carbocycles. The van der Waals surface area contributed by atoms with Crippen LogP contribution in [0.1, 0.15) is 12.0 Å². The van der Waals surface area contributed by atoms with E-state index in [0.29, 0.717) is 18.8 Å². The normalized spacial score (nSPS) is 17.3. The first-order valence-electron chi connectivity index (χ1n) is 5.38. The van der Waals surface area contributed by atoms with Crippen molar-refractivity contribution in [1.29, 1.82) is 0 Å². The minimum atomic E-state index is -0.916. The van der Waals surface area contributed by atoms with Gasteiger partial charge in [0.05, 0.1) is 6.42 Å². The molecule has 0 bridgehead atoms. The number of rotatable bonds is 4. The van der Waals surface area contributed by atoms with E-state index in [4.69, 9.17) is 9.84 Å². The summed E-state index contributed by atoms with van der Waals surface area (Å²) in [5, 5.41) is 11.8. The van der Waals surface area contributed by atoms with Gasteiger partial charge in [0.15, 0.2) is 0 Å². The van der Waals surface area contributed by atoms with Crippen molar-refractivity contribution >= 4 is 5.97 Å². The number of nitrogens with one attached hydrogen (secondary N) is 1. The standard InChI is InChI=1S/C12H14FNO3/c1-8-2-3-9(13)4-10(8)17-12(5-11(15)16)6-14-7-12/h2-4,14H,5-7H2,1H3,(H,15,16). The molecular formula is C12H14FNO3. The van der Waals surface area contributed by atoms with E-state index in [1.807, 2.05) is 0 Å². The summed E-state index contributed by atoms with van der Waals surface area (Å²) in [4.78, 5) is 10.8. The van der Waals surface area contributed by atoms with Crippen molar-refractivity contribution in [2.45, 2.75) is 18.9 Å². The molecule has 2 N–H and O–H groups in total. The number of halogens is 1. The highest BCUT2D eigenvalue weighted by atomic mass is 19.1. The molecule has 2 rings (SSSR count). The summed E-state index contributed by atoms with van der Waals surface area (Å²) < 4.78 is 18.8. The van der Waals surface area contributed by atoms with Gasteiger partial charge in [-0.3, -0.25) is 4.79 Å². The molecule has 1 aliphatic heterocycles. The van der Waals surface area contributed by atoms with Gasteiger partial charge in [0, 0.05) is 19.2 Å². The Hall–Kier alpha value is -1.62. The third-order valence-electron chi connectivity index (χ3n) is 2.84. The Bertz CT molecular complexity index is 443. The fourth-order valence-corrected chi connectivity index (χ4v) is 1.83. The maximum atomic E-state index is 13.1. The second-order valence-electron chi connectivity index (χ2n) is 4.37. The number of carbonyl (C=O) groups is 1. The lowest BCUT2D eigenvalue weighted by molar-refractivity contribution is -0.143. The molecule has 0 unspecified atom stereocenters. The van der Waals surface area contributed by atoms with E-state index < -0.39 is 11.6 Å². The topological polar surface area (TPSA) is 58.6 Å². The molecule has 92 valence electrons. The Morgan fingerprint density at radius 1 is 1.59 bits per heavy atom. The maximum Gasteiger partial charge on any atom is 0.307 e. The van der Waals surface area contributed by atoms with Crippen LogP contribution in [0.5, 0.6) is 5.75 Å². The van der Waals surface area contributed by atoms with E-state index >= 15 is 0 Å². The highest BCUT2D eigenvalue weighted by Gasteiger charge is 2.41. The van der Waals surface area contributed by atoms with Gasteiger partial charge in [0.1, 0.15) is 17.2 Å². The minimum Gasteiger partial charge on any atom is -0.484 e. The molecule has 0 amide bonds. The fraction of sp³-hybridized carbons (Fsp3) is 0.417. The maximum absolute atomic E-state index is 13.1. The summed E-state index contributed by atoms with van der Waals surface area (Å²) >= 11 is 0. The number of hydrogen-bond donors (Lipinski definition) is 2. The molecule has 0 spiro atoms. The van der Waals surface area contributed by atoms with Crippen LogP contribution in [0, 0.1) is 12.7 Å². The summed E-state index contributed by atoms with van der Waals surface area (Å²) in [6, 6.07) is 4.26. The lowest BCUT2D eigenvalue weighted by Crippen LogP contribution is -2.64. The molecule has 1 fully saturated rings. The van der Waals surface area contributed by atoms with Crippen LogP contribution in [-0.4, -0.2) is 29.8 Å². The molecule has 0 aromatic heterocycles. The van der Waals surface area contributed by atoms with Crippen LogP contribution >= 0.6 is 0 Å². The van der Waals surface area contributed by atoms with Crippen molar-refractivity contribution in [3.05, 3.63) is 29.6 Å². The first kappa shape index (κ1) is 11.9. The van der Waals surface area contributed by atoms with Gasteiger partial charge >= 0.3 is 5.97 Å². The highest BCUT2D eigenvalue weighted by molar-refractivity contribution is 5.68. The Labute approximate surface area is 98.4 Å². The Kier molecular flexibility index (Phi) is 3.02. The van der Waals surface area contributed by atoms with Crippen molar-refractivity contribution < 1.29 is 19.0 Å². The lowest BCUT2D eigenvalue weighted by atomic mass is 9.92. The van der Waals surface area contributed by atoms with Crippen molar-refractivity contribution in [3.8, 4) is 5.75 Å². The van der Waals surface area contributed by atoms with Crippen LogP contribution in [0.25, 0.3) is 0 Å². The SMILES string of the molecule is Cc1ccc(F)cc1OC1(CC(=O)O)CNC1. The summed E-state index contributed by atoms with van der Waals surface area (Å²) in [6.45, 7) is 2.74. The summed E-state index contributed by atoms with van der Waals surface area (Å²) in [6.07, 6.45) is -0.0873. The molecule has 17 heavy (non-hydrogen) atoms. The van der Waals surface area contributed by atoms with Gasteiger partial charge in [-0.2, -0.15) is 0 Å². The zero-order valence-electron chi connectivity index (χ0n) is 9.50. The predicted octanol–water partition coefficient (Wildman–Crippen LogP) is 1.33. The summed E-state index contributed by atoms with van der Waals surface area (Å²) in [7, 11) is 0. The molecule has 0 saturated carbocycles. The van der Waals surface area contributed by atoms with E-state index in [1.54, 1.807) is 13.0 Å². The molecule has 0 aliphatic carbocycles. The van der Waals surface area contributed by atoms with Crippen molar-refractivity contribution in [1.82, 2.24) is 5.32 Å². The van der Waals surface area contributed by atoms with E-state index in [1.165, 1.54) is 12.1 Å². The third-order valence-corrected chi connectivity index (χ3v) is 2.84. The summed E-state index contributed by atoms with van der Waals surface area (Å²) in [5.41, 5.74) is 0.0489. The molecule has 0 radical (unpaired) electrons. The van der Waals surface area contributed by atoms with Gasteiger partial charge in [-0.15, -0.1) is 0 Å². The second-order valence-corrected chi connectivity index (χ2v) is 4.37. The van der Waals surface area contributed by atoms with Crippen LogP contribution in [0.3, 0.4) is 0 Å². The third kappa shape index (κ3) is 2.55. The van der Waals surface area contributed by atoms with Gasteiger partial charge in [0.25, 0.3) is 0 Å². The van der Waals surface area contributed by atoms with Gasteiger partial charge in [-0.25, -0.2) is 4.39 Å². The van der Waals surface area contributed by atoms with Crippen molar-refractivity contribution in [3.63, 3.8) is 0 Å². The van der Waals surface area contributed by atoms with E-state index in [0.717, 1.165) is 5.56 Å². The number of benzene rings is 1. The molecule has 1 aliphatic rings. The fourth-order valence-electron chi connectivity index (χ4n) is 1.83. The highest BCUT2D eigenvalue weighted by Crippen LogP contribution is 2.28.